The van der Waals surface area contributed by atoms with Crippen molar-refractivity contribution in [2.75, 3.05) is 14.2 Å². The van der Waals surface area contributed by atoms with E-state index in [9.17, 15) is 0 Å². The molecule has 0 spiro atoms. The second-order valence-corrected chi connectivity index (χ2v) is 5.03. The molecular formula is C15H23NO2. The molecule has 1 aromatic rings. The van der Waals surface area contributed by atoms with E-state index >= 15 is 0 Å². The summed E-state index contributed by atoms with van der Waals surface area (Å²) in [6.07, 6.45) is 6.39. The van der Waals surface area contributed by atoms with Gasteiger partial charge in [-0.3, -0.25) is 0 Å². The van der Waals surface area contributed by atoms with Crippen LogP contribution >= 0.6 is 0 Å². The van der Waals surface area contributed by atoms with Crippen molar-refractivity contribution in [3.63, 3.8) is 0 Å². The van der Waals surface area contributed by atoms with Crippen molar-refractivity contribution in [1.29, 1.82) is 0 Å². The fraction of sp³-hybridized carbons (Fsp3) is 0.600. The normalized spacial score (nSPS) is 18.4. The van der Waals surface area contributed by atoms with Crippen molar-refractivity contribution in [3.05, 3.63) is 23.8 Å². The van der Waals surface area contributed by atoms with Crippen molar-refractivity contribution in [1.82, 2.24) is 0 Å². The summed E-state index contributed by atoms with van der Waals surface area (Å²) in [5, 5.41) is 0. The zero-order chi connectivity index (χ0) is 13.0. The number of benzene rings is 1. The SMILES string of the molecule is COc1ccc(OC)c([C@@H](N)C2CCCCC2)c1. The van der Waals surface area contributed by atoms with Crippen molar-refractivity contribution in [2.24, 2.45) is 11.7 Å². The summed E-state index contributed by atoms with van der Waals surface area (Å²) in [5.74, 6) is 2.28. The molecule has 2 rings (SSSR count). The van der Waals surface area contributed by atoms with Crippen LogP contribution in [0.2, 0.25) is 0 Å². The Morgan fingerprint density at radius 3 is 2.44 bits per heavy atom. The fourth-order valence-corrected chi connectivity index (χ4v) is 2.85. The predicted molar refractivity (Wildman–Crippen MR) is 73.0 cm³/mol. The summed E-state index contributed by atoms with van der Waals surface area (Å²) in [5.41, 5.74) is 7.51. The maximum Gasteiger partial charge on any atom is 0.123 e. The standard InChI is InChI=1S/C15H23NO2/c1-17-12-8-9-14(18-2)13(10-12)15(16)11-6-4-3-5-7-11/h8-11,15H,3-7,16H2,1-2H3/t15-/m0/s1. The first kappa shape index (κ1) is 13.2. The van der Waals surface area contributed by atoms with Gasteiger partial charge in [-0.15, -0.1) is 0 Å². The Kier molecular flexibility index (Phi) is 4.48. The van der Waals surface area contributed by atoms with Crippen LogP contribution in [0.4, 0.5) is 0 Å². The van der Waals surface area contributed by atoms with Crippen LogP contribution in [-0.4, -0.2) is 14.2 Å². The molecule has 1 saturated carbocycles. The second kappa shape index (κ2) is 6.10. The summed E-state index contributed by atoms with van der Waals surface area (Å²) < 4.78 is 10.7. The molecule has 1 aromatic carbocycles. The third-order valence-electron chi connectivity index (χ3n) is 3.95. The maximum absolute atomic E-state index is 6.43. The van der Waals surface area contributed by atoms with Gasteiger partial charge in [0.05, 0.1) is 14.2 Å². The van der Waals surface area contributed by atoms with E-state index < -0.39 is 0 Å². The monoisotopic (exact) mass is 249 g/mol. The molecule has 0 amide bonds. The second-order valence-electron chi connectivity index (χ2n) is 5.03. The Labute approximate surface area is 109 Å². The van der Waals surface area contributed by atoms with Gasteiger partial charge >= 0.3 is 0 Å². The molecule has 0 unspecified atom stereocenters. The van der Waals surface area contributed by atoms with Crippen molar-refractivity contribution in [2.45, 2.75) is 38.1 Å². The lowest BCUT2D eigenvalue weighted by molar-refractivity contribution is 0.300. The average molecular weight is 249 g/mol. The molecular weight excluding hydrogens is 226 g/mol. The van der Waals surface area contributed by atoms with E-state index in [-0.39, 0.29) is 6.04 Å². The van der Waals surface area contributed by atoms with Crippen LogP contribution in [0.3, 0.4) is 0 Å². The Hall–Kier alpha value is -1.22. The first-order chi connectivity index (χ1) is 8.76. The van der Waals surface area contributed by atoms with Crippen molar-refractivity contribution >= 4 is 0 Å². The fourth-order valence-electron chi connectivity index (χ4n) is 2.85. The number of methoxy groups -OCH3 is 2. The summed E-state index contributed by atoms with van der Waals surface area (Å²) in [6.45, 7) is 0. The molecule has 100 valence electrons. The molecule has 18 heavy (non-hydrogen) atoms. The van der Waals surface area contributed by atoms with Crippen LogP contribution < -0.4 is 15.2 Å². The smallest absolute Gasteiger partial charge is 0.123 e. The molecule has 1 aliphatic rings. The highest BCUT2D eigenvalue weighted by Gasteiger charge is 2.24. The van der Waals surface area contributed by atoms with E-state index in [0.29, 0.717) is 5.92 Å². The van der Waals surface area contributed by atoms with Crippen LogP contribution in [0.5, 0.6) is 11.5 Å². The zero-order valence-corrected chi connectivity index (χ0v) is 11.3. The molecule has 3 nitrogen and oxygen atoms in total. The van der Waals surface area contributed by atoms with Gasteiger partial charge in [-0.25, -0.2) is 0 Å². The van der Waals surface area contributed by atoms with E-state index in [1.807, 2.05) is 18.2 Å². The van der Waals surface area contributed by atoms with Crippen molar-refractivity contribution in [3.8, 4) is 11.5 Å². The van der Waals surface area contributed by atoms with Gasteiger partial charge < -0.3 is 15.2 Å². The van der Waals surface area contributed by atoms with Gasteiger partial charge in [0.25, 0.3) is 0 Å². The molecule has 0 saturated heterocycles. The highest BCUT2D eigenvalue weighted by Crippen LogP contribution is 2.37. The Morgan fingerprint density at radius 1 is 1.11 bits per heavy atom. The number of hydrogen-bond donors (Lipinski definition) is 1. The van der Waals surface area contributed by atoms with E-state index in [0.717, 1.165) is 17.1 Å². The molecule has 0 aliphatic heterocycles. The van der Waals surface area contributed by atoms with Crippen molar-refractivity contribution < 1.29 is 9.47 Å². The van der Waals surface area contributed by atoms with E-state index in [2.05, 4.69) is 0 Å². The van der Waals surface area contributed by atoms with Gasteiger partial charge in [-0.2, -0.15) is 0 Å². The molecule has 0 radical (unpaired) electrons. The lowest BCUT2D eigenvalue weighted by Crippen LogP contribution is -2.24. The minimum atomic E-state index is 0.0512. The number of rotatable bonds is 4. The largest absolute Gasteiger partial charge is 0.497 e. The zero-order valence-electron chi connectivity index (χ0n) is 11.3. The van der Waals surface area contributed by atoms with Gasteiger partial charge in [-0.05, 0) is 37.0 Å². The van der Waals surface area contributed by atoms with Crippen LogP contribution in [0.25, 0.3) is 0 Å². The third-order valence-corrected chi connectivity index (χ3v) is 3.95. The highest BCUT2D eigenvalue weighted by atomic mass is 16.5. The molecule has 0 bridgehead atoms. The van der Waals surface area contributed by atoms with Crippen LogP contribution in [0.1, 0.15) is 43.7 Å². The minimum Gasteiger partial charge on any atom is -0.497 e. The molecule has 1 fully saturated rings. The quantitative estimate of drug-likeness (QED) is 0.890. The molecule has 1 aliphatic carbocycles. The van der Waals surface area contributed by atoms with E-state index in [1.54, 1.807) is 14.2 Å². The van der Waals surface area contributed by atoms with Gasteiger partial charge in [-0.1, -0.05) is 19.3 Å². The van der Waals surface area contributed by atoms with Gasteiger partial charge in [0, 0.05) is 11.6 Å². The lowest BCUT2D eigenvalue weighted by atomic mass is 9.81. The maximum atomic E-state index is 6.43. The van der Waals surface area contributed by atoms with E-state index in [1.165, 1.54) is 32.1 Å². The summed E-state index contributed by atoms with van der Waals surface area (Å²) >= 11 is 0. The van der Waals surface area contributed by atoms with Crippen LogP contribution in [-0.2, 0) is 0 Å². The first-order valence-electron chi connectivity index (χ1n) is 6.73. The molecule has 3 heteroatoms. The van der Waals surface area contributed by atoms with Crippen LogP contribution in [0, 0.1) is 5.92 Å². The minimum absolute atomic E-state index is 0.0512. The van der Waals surface area contributed by atoms with E-state index in [4.69, 9.17) is 15.2 Å². The molecule has 2 N–H and O–H groups in total. The Balaban J connectivity index is 2.23. The number of hydrogen-bond acceptors (Lipinski definition) is 3. The predicted octanol–water partition coefficient (Wildman–Crippen LogP) is 3.28. The molecule has 0 heterocycles. The molecule has 1 atom stereocenters. The first-order valence-corrected chi connectivity index (χ1v) is 6.73. The van der Waals surface area contributed by atoms with Gasteiger partial charge in [0.1, 0.15) is 11.5 Å². The average Bonchev–Trinajstić information content (AvgIpc) is 2.46. The summed E-state index contributed by atoms with van der Waals surface area (Å²) in [6, 6.07) is 5.92. The number of ether oxygens (including phenoxy) is 2. The number of nitrogens with two attached hydrogens (primary N) is 1. The van der Waals surface area contributed by atoms with Gasteiger partial charge in [0.2, 0.25) is 0 Å². The third kappa shape index (κ3) is 2.78. The van der Waals surface area contributed by atoms with Crippen LogP contribution in [0.15, 0.2) is 18.2 Å². The highest BCUT2D eigenvalue weighted by molar-refractivity contribution is 5.42. The lowest BCUT2D eigenvalue weighted by Gasteiger charge is -2.28. The topological polar surface area (TPSA) is 44.5 Å². The van der Waals surface area contributed by atoms with Gasteiger partial charge in [0.15, 0.2) is 0 Å². The Morgan fingerprint density at radius 2 is 1.83 bits per heavy atom. The Bertz CT molecular complexity index is 386. The molecule has 0 aromatic heterocycles. The summed E-state index contributed by atoms with van der Waals surface area (Å²) in [7, 11) is 3.37. The summed E-state index contributed by atoms with van der Waals surface area (Å²) in [4.78, 5) is 0.